The van der Waals surface area contributed by atoms with E-state index in [0.29, 0.717) is 6.42 Å². The minimum atomic E-state index is 0.136. The number of hydrogen-bond acceptors (Lipinski definition) is 4. The zero-order valence-electron chi connectivity index (χ0n) is 10.9. The first-order valence-electron chi connectivity index (χ1n) is 5.88. The van der Waals surface area contributed by atoms with Crippen LogP contribution < -0.4 is 4.74 Å². The van der Waals surface area contributed by atoms with E-state index in [1.54, 1.807) is 18.4 Å². The van der Waals surface area contributed by atoms with E-state index >= 15 is 0 Å². The molecule has 0 bridgehead atoms. The molecule has 18 heavy (non-hydrogen) atoms. The quantitative estimate of drug-likeness (QED) is 0.922. The van der Waals surface area contributed by atoms with E-state index < -0.39 is 0 Å². The van der Waals surface area contributed by atoms with Gasteiger partial charge in [0.15, 0.2) is 0 Å². The average molecular weight is 263 g/mol. The van der Waals surface area contributed by atoms with E-state index in [0.717, 1.165) is 26.9 Å². The van der Waals surface area contributed by atoms with Gasteiger partial charge in [0.2, 0.25) is 0 Å². The molecular formula is C14H17NO2S. The van der Waals surface area contributed by atoms with Crippen LogP contribution in [0.1, 0.15) is 15.4 Å². The van der Waals surface area contributed by atoms with Crippen LogP contribution >= 0.6 is 11.3 Å². The van der Waals surface area contributed by atoms with Crippen LogP contribution in [0.4, 0.5) is 0 Å². The van der Waals surface area contributed by atoms with Crippen molar-refractivity contribution in [2.75, 3.05) is 13.7 Å². The van der Waals surface area contributed by atoms with Crippen LogP contribution in [-0.4, -0.2) is 23.8 Å². The maximum atomic E-state index is 8.98. The van der Waals surface area contributed by atoms with Crippen LogP contribution in [0.15, 0.2) is 18.2 Å². The Morgan fingerprint density at radius 1 is 1.33 bits per heavy atom. The second-order valence-corrected chi connectivity index (χ2v) is 5.48. The van der Waals surface area contributed by atoms with Crippen molar-refractivity contribution in [3.05, 3.63) is 33.6 Å². The molecule has 0 atom stereocenters. The smallest absolute Gasteiger partial charge is 0.128 e. The zero-order chi connectivity index (χ0) is 13.1. The predicted molar refractivity (Wildman–Crippen MR) is 74.4 cm³/mol. The van der Waals surface area contributed by atoms with Crippen LogP contribution in [0.5, 0.6) is 5.75 Å². The number of hydrogen-bond donors (Lipinski definition) is 1. The lowest BCUT2D eigenvalue weighted by Crippen LogP contribution is -1.92. The van der Waals surface area contributed by atoms with E-state index in [-0.39, 0.29) is 6.61 Å². The van der Waals surface area contributed by atoms with Crippen LogP contribution in [0.3, 0.4) is 0 Å². The van der Waals surface area contributed by atoms with Gasteiger partial charge in [0.05, 0.1) is 17.8 Å². The summed E-state index contributed by atoms with van der Waals surface area (Å²) in [4.78, 5) is 5.75. The standard InChI is InChI=1S/C14H17NO2S/c1-9-4-5-12(17-3)11(8-9)14-10(2)18-13(15-14)6-7-16/h4-5,8,16H,6-7H2,1-3H3. The fourth-order valence-electron chi connectivity index (χ4n) is 1.91. The van der Waals surface area contributed by atoms with Gasteiger partial charge in [-0.2, -0.15) is 0 Å². The zero-order valence-corrected chi connectivity index (χ0v) is 11.7. The molecule has 96 valence electrons. The van der Waals surface area contributed by atoms with Crippen molar-refractivity contribution in [3.63, 3.8) is 0 Å². The highest BCUT2D eigenvalue weighted by Crippen LogP contribution is 2.34. The number of benzene rings is 1. The molecule has 0 aliphatic heterocycles. The molecule has 1 aromatic heterocycles. The Morgan fingerprint density at radius 2 is 2.11 bits per heavy atom. The van der Waals surface area contributed by atoms with Crippen molar-refractivity contribution >= 4 is 11.3 Å². The van der Waals surface area contributed by atoms with Gasteiger partial charge in [-0.3, -0.25) is 0 Å². The van der Waals surface area contributed by atoms with E-state index in [2.05, 4.69) is 24.9 Å². The lowest BCUT2D eigenvalue weighted by molar-refractivity contribution is 0.299. The molecule has 0 amide bonds. The summed E-state index contributed by atoms with van der Waals surface area (Å²) in [5.41, 5.74) is 3.17. The minimum absolute atomic E-state index is 0.136. The lowest BCUT2D eigenvalue weighted by Gasteiger charge is -2.08. The van der Waals surface area contributed by atoms with Crippen molar-refractivity contribution in [2.45, 2.75) is 20.3 Å². The van der Waals surface area contributed by atoms with Crippen LogP contribution in [0.2, 0.25) is 0 Å². The maximum Gasteiger partial charge on any atom is 0.128 e. The van der Waals surface area contributed by atoms with E-state index in [9.17, 15) is 0 Å². The number of rotatable bonds is 4. The number of aromatic nitrogens is 1. The van der Waals surface area contributed by atoms with Crippen molar-refractivity contribution in [2.24, 2.45) is 0 Å². The van der Waals surface area contributed by atoms with E-state index in [4.69, 9.17) is 9.84 Å². The second kappa shape index (κ2) is 5.50. The lowest BCUT2D eigenvalue weighted by atomic mass is 10.1. The summed E-state index contributed by atoms with van der Waals surface area (Å²) in [6.45, 7) is 4.24. The molecule has 0 saturated carbocycles. The highest BCUT2D eigenvalue weighted by Gasteiger charge is 2.14. The van der Waals surface area contributed by atoms with Gasteiger partial charge >= 0.3 is 0 Å². The van der Waals surface area contributed by atoms with Gasteiger partial charge in [0.1, 0.15) is 5.75 Å². The van der Waals surface area contributed by atoms with Gasteiger partial charge in [-0.25, -0.2) is 4.98 Å². The van der Waals surface area contributed by atoms with Gasteiger partial charge < -0.3 is 9.84 Å². The molecule has 0 saturated heterocycles. The summed E-state index contributed by atoms with van der Waals surface area (Å²) in [6, 6.07) is 6.08. The van der Waals surface area contributed by atoms with Crippen LogP contribution in [0, 0.1) is 13.8 Å². The number of nitrogens with zero attached hydrogens (tertiary/aromatic N) is 1. The fraction of sp³-hybridized carbons (Fsp3) is 0.357. The summed E-state index contributed by atoms with van der Waals surface area (Å²) in [7, 11) is 1.67. The first kappa shape index (κ1) is 13.1. The summed E-state index contributed by atoms with van der Waals surface area (Å²) >= 11 is 1.63. The monoisotopic (exact) mass is 263 g/mol. The number of ether oxygens (including phenoxy) is 1. The van der Waals surface area contributed by atoms with Gasteiger partial charge in [-0.15, -0.1) is 11.3 Å². The third-order valence-corrected chi connectivity index (χ3v) is 3.81. The van der Waals surface area contributed by atoms with E-state index in [1.807, 2.05) is 12.1 Å². The van der Waals surface area contributed by atoms with Crippen molar-refractivity contribution in [1.29, 1.82) is 0 Å². The SMILES string of the molecule is COc1ccc(C)cc1-c1nc(CCO)sc1C. The second-order valence-electron chi connectivity index (χ2n) is 4.19. The van der Waals surface area contributed by atoms with Crippen molar-refractivity contribution < 1.29 is 9.84 Å². The van der Waals surface area contributed by atoms with Gasteiger partial charge in [0, 0.05) is 23.5 Å². The molecular weight excluding hydrogens is 246 g/mol. The van der Waals surface area contributed by atoms with Crippen LogP contribution in [0.25, 0.3) is 11.3 Å². The molecule has 0 unspecified atom stereocenters. The number of aryl methyl sites for hydroxylation is 2. The molecule has 1 aromatic carbocycles. The first-order valence-corrected chi connectivity index (χ1v) is 6.69. The molecule has 0 spiro atoms. The largest absolute Gasteiger partial charge is 0.496 e. The third-order valence-electron chi connectivity index (χ3n) is 2.78. The molecule has 0 aliphatic rings. The Hall–Kier alpha value is -1.39. The minimum Gasteiger partial charge on any atom is -0.496 e. The number of methoxy groups -OCH3 is 1. The molecule has 1 heterocycles. The Bertz CT molecular complexity index is 549. The maximum absolute atomic E-state index is 8.98. The molecule has 0 aliphatic carbocycles. The summed E-state index contributed by atoms with van der Waals surface area (Å²) < 4.78 is 5.39. The molecule has 4 heteroatoms. The summed E-state index contributed by atoms with van der Waals surface area (Å²) in [5, 5.41) is 9.94. The first-order chi connectivity index (χ1) is 8.65. The molecule has 2 rings (SSSR count). The van der Waals surface area contributed by atoms with Crippen molar-refractivity contribution in [1.82, 2.24) is 4.98 Å². The van der Waals surface area contributed by atoms with Gasteiger partial charge in [0.25, 0.3) is 0 Å². The van der Waals surface area contributed by atoms with Gasteiger partial charge in [-0.05, 0) is 26.0 Å². The number of aliphatic hydroxyl groups is 1. The van der Waals surface area contributed by atoms with E-state index in [1.165, 1.54) is 5.56 Å². The normalized spacial score (nSPS) is 10.7. The number of thiazole rings is 1. The predicted octanol–water partition coefficient (Wildman–Crippen LogP) is 2.97. The Labute approximate surface area is 111 Å². The highest BCUT2D eigenvalue weighted by atomic mass is 32.1. The average Bonchev–Trinajstić information content (AvgIpc) is 2.70. The Morgan fingerprint density at radius 3 is 2.78 bits per heavy atom. The topological polar surface area (TPSA) is 42.4 Å². The van der Waals surface area contributed by atoms with Crippen LogP contribution in [-0.2, 0) is 6.42 Å². The Balaban J connectivity index is 2.50. The molecule has 1 N–H and O–H groups in total. The highest BCUT2D eigenvalue weighted by molar-refractivity contribution is 7.12. The van der Waals surface area contributed by atoms with Crippen molar-refractivity contribution in [3.8, 4) is 17.0 Å². The molecule has 2 aromatic rings. The Kier molecular flexibility index (Phi) is 3.99. The molecule has 3 nitrogen and oxygen atoms in total. The summed E-state index contributed by atoms with van der Waals surface area (Å²) in [5.74, 6) is 0.838. The third kappa shape index (κ3) is 2.54. The molecule has 0 fully saturated rings. The fourth-order valence-corrected chi connectivity index (χ4v) is 2.85. The summed E-state index contributed by atoms with van der Waals surface area (Å²) in [6.07, 6.45) is 0.611. The van der Waals surface area contributed by atoms with Gasteiger partial charge in [-0.1, -0.05) is 11.6 Å². The number of aliphatic hydroxyl groups excluding tert-OH is 1. The molecule has 0 radical (unpaired) electrons.